The fourth-order valence-electron chi connectivity index (χ4n) is 4.87. The molecule has 0 saturated heterocycles. The number of unbranched alkanes of at least 4 members (excludes halogenated alkanes) is 13. The number of amides is 1. The molecule has 0 aliphatic rings. The van der Waals surface area contributed by atoms with Crippen LogP contribution in [0, 0.1) is 5.41 Å². The highest BCUT2D eigenvalue weighted by Crippen LogP contribution is 2.29. The van der Waals surface area contributed by atoms with Crippen molar-refractivity contribution in [1.82, 2.24) is 4.90 Å². The molecule has 0 spiro atoms. The van der Waals surface area contributed by atoms with Crippen LogP contribution in [0.3, 0.4) is 0 Å². The highest BCUT2D eigenvalue weighted by molar-refractivity contribution is 5.82. The number of nitrogens with zero attached hydrogens (tertiary/aromatic N) is 1. The quantitative estimate of drug-likeness (QED) is 0.132. The van der Waals surface area contributed by atoms with Gasteiger partial charge in [0, 0.05) is 31.7 Å². The third-order valence-corrected chi connectivity index (χ3v) is 7.27. The lowest BCUT2D eigenvalue weighted by Crippen LogP contribution is -2.44. The van der Waals surface area contributed by atoms with Crippen molar-refractivity contribution in [2.24, 2.45) is 5.41 Å². The number of carbonyl (C=O) groups is 1. The molecule has 0 fully saturated rings. The molecule has 0 atom stereocenters. The van der Waals surface area contributed by atoms with Crippen LogP contribution in [0.5, 0.6) is 0 Å². The maximum atomic E-state index is 13.5. The number of ether oxygens (including phenoxy) is 1. The molecule has 0 saturated carbocycles. The molecule has 1 amide bonds. The Balaban J connectivity index is 4.57. The van der Waals surface area contributed by atoms with E-state index in [1.807, 2.05) is 0 Å². The molecule has 3 heteroatoms. The van der Waals surface area contributed by atoms with Crippen LogP contribution in [0.4, 0.5) is 0 Å². The summed E-state index contributed by atoms with van der Waals surface area (Å²) in [4.78, 5) is 15.6. The molecular formula is C30H61NO2. The monoisotopic (exact) mass is 467 g/mol. The van der Waals surface area contributed by atoms with Crippen LogP contribution in [0.15, 0.2) is 0 Å². The van der Waals surface area contributed by atoms with Crippen LogP contribution >= 0.6 is 0 Å². The Morgan fingerprint density at radius 1 is 0.697 bits per heavy atom. The van der Waals surface area contributed by atoms with Crippen molar-refractivity contribution in [2.75, 3.05) is 20.3 Å². The fraction of sp³-hybridized carbons (Fsp3) is 0.967. The van der Waals surface area contributed by atoms with E-state index in [9.17, 15) is 4.79 Å². The lowest BCUT2D eigenvalue weighted by molar-refractivity contribution is -0.142. The molecule has 0 aromatic heterocycles. The minimum atomic E-state index is -0.255. The minimum absolute atomic E-state index is 0.255. The summed E-state index contributed by atoms with van der Waals surface area (Å²) in [6.07, 6.45) is 24.0. The Labute approximate surface area is 208 Å². The fourth-order valence-corrected chi connectivity index (χ4v) is 4.87. The zero-order valence-electron chi connectivity index (χ0n) is 23.7. The van der Waals surface area contributed by atoms with Gasteiger partial charge in [0.05, 0.1) is 0 Å². The van der Waals surface area contributed by atoms with Crippen LogP contribution in [0.2, 0.25) is 0 Å². The predicted octanol–water partition coefficient (Wildman–Crippen LogP) is 9.33. The van der Waals surface area contributed by atoms with Crippen LogP contribution in [0.25, 0.3) is 0 Å². The largest absolute Gasteiger partial charge is 0.382 e. The van der Waals surface area contributed by atoms with E-state index in [1.165, 1.54) is 103 Å². The SMILES string of the molecule is CCCCCCCCC(CCCCCCCC)N(C)C(=O)C(C)(C)CCCCCCOCC. The molecular weight excluding hydrogens is 406 g/mol. The summed E-state index contributed by atoms with van der Waals surface area (Å²) < 4.78 is 5.44. The Morgan fingerprint density at radius 3 is 1.67 bits per heavy atom. The van der Waals surface area contributed by atoms with Gasteiger partial charge in [-0.3, -0.25) is 4.79 Å². The minimum Gasteiger partial charge on any atom is -0.382 e. The van der Waals surface area contributed by atoms with Crippen LogP contribution in [-0.4, -0.2) is 37.1 Å². The second-order valence-electron chi connectivity index (χ2n) is 10.9. The van der Waals surface area contributed by atoms with Crippen molar-refractivity contribution in [3.63, 3.8) is 0 Å². The van der Waals surface area contributed by atoms with Crippen LogP contribution < -0.4 is 0 Å². The summed E-state index contributed by atoms with van der Waals surface area (Å²) in [5.41, 5.74) is -0.255. The smallest absolute Gasteiger partial charge is 0.228 e. The summed E-state index contributed by atoms with van der Waals surface area (Å²) in [5.74, 6) is 0.360. The number of hydrogen-bond donors (Lipinski definition) is 0. The van der Waals surface area contributed by atoms with Gasteiger partial charge in [-0.25, -0.2) is 0 Å². The molecule has 0 heterocycles. The molecule has 0 aromatic rings. The standard InChI is InChI=1S/C30H61NO2/c1-7-10-12-14-16-20-24-28(25-21-17-15-13-11-8-2)31(6)29(32)30(4,5)26-22-18-19-23-27-33-9-3/h28H,7-27H2,1-6H3. The number of hydrogen-bond acceptors (Lipinski definition) is 2. The zero-order chi connectivity index (χ0) is 24.8. The van der Waals surface area contributed by atoms with E-state index in [4.69, 9.17) is 4.74 Å². The second kappa shape index (κ2) is 21.9. The van der Waals surface area contributed by atoms with E-state index in [-0.39, 0.29) is 5.41 Å². The van der Waals surface area contributed by atoms with E-state index in [0.717, 1.165) is 32.5 Å². The molecule has 0 rings (SSSR count). The topological polar surface area (TPSA) is 29.5 Å². The highest BCUT2D eigenvalue weighted by atomic mass is 16.5. The van der Waals surface area contributed by atoms with Gasteiger partial charge in [-0.2, -0.15) is 0 Å². The lowest BCUT2D eigenvalue weighted by atomic mass is 9.84. The van der Waals surface area contributed by atoms with E-state index in [0.29, 0.717) is 11.9 Å². The van der Waals surface area contributed by atoms with Gasteiger partial charge < -0.3 is 9.64 Å². The summed E-state index contributed by atoms with van der Waals surface area (Å²) >= 11 is 0. The van der Waals surface area contributed by atoms with E-state index in [2.05, 4.69) is 46.6 Å². The average Bonchev–Trinajstić information content (AvgIpc) is 2.80. The molecule has 0 N–H and O–H groups in total. The predicted molar refractivity (Wildman–Crippen MR) is 146 cm³/mol. The molecule has 3 nitrogen and oxygen atoms in total. The number of rotatable bonds is 24. The summed E-state index contributed by atoms with van der Waals surface area (Å²) in [7, 11) is 2.09. The van der Waals surface area contributed by atoms with Crippen LogP contribution in [0.1, 0.15) is 157 Å². The van der Waals surface area contributed by atoms with Crippen molar-refractivity contribution in [1.29, 1.82) is 0 Å². The molecule has 0 bridgehead atoms. The summed E-state index contributed by atoms with van der Waals surface area (Å²) in [5, 5.41) is 0. The molecule has 0 aliphatic heterocycles. The van der Waals surface area contributed by atoms with Gasteiger partial charge in [-0.15, -0.1) is 0 Å². The first-order valence-corrected chi connectivity index (χ1v) is 14.8. The lowest BCUT2D eigenvalue weighted by Gasteiger charge is -2.35. The average molecular weight is 468 g/mol. The van der Waals surface area contributed by atoms with Crippen molar-refractivity contribution >= 4 is 5.91 Å². The maximum Gasteiger partial charge on any atom is 0.228 e. The van der Waals surface area contributed by atoms with Crippen molar-refractivity contribution in [2.45, 2.75) is 163 Å². The zero-order valence-corrected chi connectivity index (χ0v) is 23.7. The van der Waals surface area contributed by atoms with E-state index < -0.39 is 0 Å². The second-order valence-corrected chi connectivity index (χ2v) is 10.9. The van der Waals surface area contributed by atoms with Gasteiger partial charge in [0.2, 0.25) is 5.91 Å². The van der Waals surface area contributed by atoms with Gasteiger partial charge >= 0.3 is 0 Å². The molecule has 33 heavy (non-hydrogen) atoms. The van der Waals surface area contributed by atoms with Crippen molar-refractivity contribution < 1.29 is 9.53 Å². The first-order chi connectivity index (χ1) is 15.9. The molecule has 0 aliphatic carbocycles. The summed E-state index contributed by atoms with van der Waals surface area (Å²) in [6.45, 7) is 12.6. The molecule has 0 radical (unpaired) electrons. The van der Waals surface area contributed by atoms with E-state index in [1.54, 1.807) is 0 Å². The third-order valence-electron chi connectivity index (χ3n) is 7.27. The van der Waals surface area contributed by atoms with Gasteiger partial charge in [-0.05, 0) is 32.6 Å². The van der Waals surface area contributed by atoms with E-state index >= 15 is 0 Å². The Kier molecular flexibility index (Phi) is 21.6. The molecule has 198 valence electrons. The maximum absolute atomic E-state index is 13.5. The molecule has 0 aromatic carbocycles. The normalized spacial score (nSPS) is 12.0. The van der Waals surface area contributed by atoms with Gasteiger partial charge in [0.25, 0.3) is 0 Å². The van der Waals surface area contributed by atoms with Crippen LogP contribution in [-0.2, 0) is 9.53 Å². The first kappa shape index (κ1) is 32.4. The molecule has 0 unspecified atom stereocenters. The van der Waals surface area contributed by atoms with Crippen molar-refractivity contribution in [3.8, 4) is 0 Å². The van der Waals surface area contributed by atoms with Gasteiger partial charge in [0.1, 0.15) is 0 Å². The van der Waals surface area contributed by atoms with Crippen molar-refractivity contribution in [3.05, 3.63) is 0 Å². The Bertz CT molecular complexity index is 419. The highest BCUT2D eigenvalue weighted by Gasteiger charge is 2.32. The Hall–Kier alpha value is -0.570. The third kappa shape index (κ3) is 17.5. The first-order valence-electron chi connectivity index (χ1n) is 14.8. The van der Waals surface area contributed by atoms with Gasteiger partial charge in [-0.1, -0.05) is 124 Å². The Morgan fingerprint density at radius 2 is 1.15 bits per heavy atom. The summed E-state index contributed by atoms with van der Waals surface area (Å²) in [6, 6.07) is 0.417. The van der Waals surface area contributed by atoms with Gasteiger partial charge in [0.15, 0.2) is 0 Å². The number of carbonyl (C=O) groups excluding carboxylic acids is 1.